The van der Waals surface area contributed by atoms with E-state index in [0.29, 0.717) is 10.6 Å². The predicted molar refractivity (Wildman–Crippen MR) is 73.0 cm³/mol. The Hall–Kier alpha value is -1.33. The summed E-state index contributed by atoms with van der Waals surface area (Å²) in [6.45, 7) is 0. The minimum Gasteiger partial charge on any atom is -0.495 e. The van der Waals surface area contributed by atoms with Gasteiger partial charge in [-0.3, -0.25) is 4.79 Å². The first kappa shape index (κ1) is 12.1. The average molecular weight is 312 g/mol. The van der Waals surface area contributed by atoms with E-state index in [1.165, 1.54) is 11.3 Å². The molecular weight excluding hydrogens is 302 g/mol. The molecule has 0 saturated heterocycles. The van der Waals surface area contributed by atoms with Crippen LogP contribution >= 0.6 is 27.3 Å². The molecule has 1 heterocycles. The summed E-state index contributed by atoms with van der Waals surface area (Å²) < 4.78 is 6.03. The van der Waals surface area contributed by atoms with Crippen molar-refractivity contribution in [3.8, 4) is 5.75 Å². The normalized spacial score (nSPS) is 10.0. The Morgan fingerprint density at radius 3 is 2.94 bits per heavy atom. The minimum absolute atomic E-state index is 0.157. The van der Waals surface area contributed by atoms with E-state index < -0.39 is 0 Å². The summed E-state index contributed by atoms with van der Waals surface area (Å²) in [6.07, 6.45) is 0. The maximum Gasteiger partial charge on any atom is 0.269 e. The maximum atomic E-state index is 12.0. The number of nitrogens with one attached hydrogen (secondary N) is 1. The number of methoxy groups -OCH3 is 1. The fourth-order valence-electron chi connectivity index (χ4n) is 1.38. The van der Waals surface area contributed by atoms with Gasteiger partial charge in [-0.2, -0.15) is 0 Å². The first-order valence-electron chi connectivity index (χ1n) is 4.89. The number of carbonyl (C=O) groups excluding carboxylic acids is 1. The fourth-order valence-corrected chi connectivity index (χ4v) is 2.53. The first-order chi connectivity index (χ1) is 8.20. The summed E-state index contributed by atoms with van der Waals surface area (Å²) in [7, 11) is 1.55. The SMILES string of the molecule is COc1ccsc1C(=O)Nc1cccc(Br)c1. The Bertz CT molecular complexity index is 539. The number of carbonyl (C=O) groups is 1. The smallest absolute Gasteiger partial charge is 0.269 e. The fraction of sp³-hybridized carbons (Fsp3) is 0.0833. The summed E-state index contributed by atoms with van der Waals surface area (Å²) in [6, 6.07) is 9.23. The van der Waals surface area contributed by atoms with Gasteiger partial charge < -0.3 is 10.1 Å². The topological polar surface area (TPSA) is 38.3 Å². The van der Waals surface area contributed by atoms with Crippen LogP contribution in [0.3, 0.4) is 0 Å². The molecule has 0 aliphatic heterocycles. The molecule has 0 radical (unpaired) electrons. The molecule has 1 amide bonds. The molecule has 5 heteroatoms. The number of amides is 1. The molecule has 1 N–H and O–H groups in total. The Morgan fingerprint density at radius 1 is 1.41 bits per heavy atom. The minimum atomic E-state index is -0.157. The van der Waals surface area contributed by atoms with Crippen LogP contribution in [0.5, 0.6) is 5.75 Å². The van der Waals surface area contributed by atoms with Gasteiger partial charge in [0.25, 0.3) is 5.91 Å². The van der Waals surface area contributed by atoms with Crippen molar-refractivity contribution in [1.29, 1.82) is 0 Å². The highest BCUT2D eigenvalue weighted by Gasteiger charge is 2.13. The van der Waals surface area contributed by atoms with Crippen molar-refractivity contribution in [3.05, 3.63) is 45.1 Å². The van der Waals surface area contributed by atoms with Crippen molar-refractivity contribution in [2.24, 2.45) is 0 Å². The molecule has 0 atom stereocenters. The van der Waals surface area contributed by atoms with Crippen molar-refractivity contribution in [1.82, 2.24) is 0 Å². The predicted octanol–water partition coefficient (Wildman–Crippen LogP) is 3.77. The third-order valence-corrected chi connectivity index (χ3v) is 3.53. The molecule has 0 unspecified atom stereocenters. The molecule has 0 spiro atoms. The van der Waals surface area contributed by atoms with E-state index >= 15 is 0 Å². The van der Waals surface area contributed by atoms with Crippen LogP contribution in [0.2, 0.25) is 0 Å². The zero-order valence-corrected chi connectivity index (χ0v) is 11.5. The van der Waals surface area contributed by atoms with Crippen molar-refractivity contribution < 1.29 is 9.53 Å². The van der Waals surface area contributed by atoms with Gasteiger partial charge in [-0.25, -0.2) is 0 Å². The van der Waals surface area contributed by atoms with Crippen molar-refractivity contribution in [2.45, 2.75) is 0 Å². The maximum absolute atomic E-state index is 12.0. The lowest BCUT2D eigenvalue weighted by Crippen LogP contribution is -2.11. The molecule has 0 bridgehead atoms. The highest BCUT2D eigenvalue weighted by Crippen LogP contribution is 2.25. The molecule has 3 nitrogen and oxygen atoms in total. The van der Waals surface area contributed by atoms with Crippen LogP contribution in [0, 0.1) is 0 Å². The number of ether oxygens (including phenoxy) is 1. The first-order valence-corrected chi connectivity index (χ1v) is 6.56. The zero-order valence-electron chi connectivity index (χ0n) is 9.07. The van der Waals surface area contributed by atoms with Gasteiger partial charge in [-0.05, 0) is 29.6 Å². The van der Waals surface area contributed by atoms with E-state index in [4.69, 9.17) is 4.74 Å². The summed E-state index contributed by atoms with van der Waals surface area (Å²) in [5.41, 5.74) is 0.750. The Balaban J connectivity index is 2.17. The summed E-state index contributed by atoms with van der Waals surface area (Å²) >= 11 is 4.71. The second-order valence-electron chi connectivity index (χ2n) is 3.28. The highest BCUT2D eigenvalue weighted by molar-refractivity contribution is 9.10. The molecule has 17 heavy (non-hydrogen) atoms. The van der Waals surface area contributed by atoms with Crippen molar-refractivity contribution in [2.75, 3.05) is 12.4 Å². The second kappa shape index (κ2) is 5.33. The lowest BCUT2D eigenvalue weighted by molar-refractivity contribution is 0.102. The monoisotopic (exact) mass is 311 g/mol. The molecule has 1 aromatic heterocycles. The highest BCUT2D eigenvalue weighted by atomic mass is 79.9. The summed E-state index contributed by atoms with van der Waals surface area (Å²) in [5.74, 6) is 0.442. The molecule has 1 aromatic carbocycles. The number of halogens is 1. The van der Waals surface area contributed by atoms with Gasteiger partial charge in [-0.15, -0.1) is 11.3 Å². The summed E-state index contributed by atoms with van der Waals surface area (Å²) in [5, 5.41) is 4.65. The van der Waals surface area contributed by atoms with Crippen LogP contribution in [0.1, 0.15) is 9.67 Å². The van der Waals surface area contributed by atoms with Gasteiger partial charge in [0.2, 0.25) is 0 Å². The molecule has 0 saturated carbocycles. The van der Waals surface area contributed by atoms with E-state index in [1.54, 1.807) is 13.2 Å². The van der Waals surface area contributed by atoms with Gasteiger partial charge in [0.15, 0.2) is 0 Å². The molecule has 0 aliphatic carbocycles. The molecule has 88 valence electrons. The standard InChI is InChI=1S/C12H10BrNO2S/c1-16-10-5-6-17-11(10)12(15)14-9-4-2-3-8(13)7-9/h2-7H,1H3,(H,14,15). The van der Waals surface area contributed by atoms with Gasteiger partial charge in [0, 0.05) is 10.2 Å². The van der Waals surface area contributed by atoms with Crippen LogP contribution in [0.4, 0.5) is 5.69 Å². The third kappa shape index (κ3) is 2.87. The lowest BCUT2D eigenvalue weighted by atomic mass is 10.3. The van der Waals surface area contributed by atoms with E-state index in [1.807, 2.05) is 29.6 Å². The van der Waals surface area contributed by atoms with Crippen molar-refractivity contribution >= 4 is 38.9 Å². The average Bonchev–Trinajstić information content (AvgIpc) is 2.77. The second-order valence-corrected chi connectivity index (χ2v) is 5.11. The molecule has 0 aliphatic rings. The lowest BCUT2D eigenvalue weighted by Gasteiger charge is -2.05. The number of anilines is 1. The van der Waals surface area contributed by atoms with Crippen LogP contribution < -0.4 is 10.1 Å². The van der Waals surface area contributed by atoms with Crippen LogP contribution in [0.15, 0.2) is 40.2 Å². The Labute approximate surface area is 112 Å². The Morgan fingerprint density at radius 2 is 2.24 bits per heavy atom. The number of hydrogen-bond acceptors (Lipinski definition) is 3. The van der Waals surface area contributed by atoms with E-state index in [0.717, 1.165) is 10.2 Å². The number of hydrogen-bond donors (Lipinski definition) is 1. The van der Waals surface area contributed by atoms with Gasteiger partial charge >= 0.3 is 0 Å². The third-order valence-electron chi connectivity index (χ3n) is 2.14. The number of rotatable bonds is 3. The van der Waals surface area contributed by atoms with Crippen LogP contribution in [-0.2, 0) is 0 Å². The Kier molecular flexibility index (Phi) is 3.81. The van der Waals surface area contributed by atoms with Gasteiger partial charge in [0.1, 0.15) is 10.6 Å². The van der Waals surface area contributed by atoms with Crippen LogP contribution in [0.25, 0.3) is 0 Å². The number of benzene rings is 1. The van der Waals surface area contributed by atoms with E-state index in [9.17, 15) is 4.79 Å². The molecule has 2 rings (SSSR count). The van der Waals surface area contributed by atoms with Gasteiger partial charge in [0.05, 0.1) is 7.11 Å². The molecule has 2 aromatic rings. The number of thiophene rings is 1. The zero-order chi connectivity index (χ0) is 12.3. The quantitative estimate of drug-likeness (QED) is 0.937. The van der Waals surface area contributed by atoms with E-state index in [2.05, 4.69) is 21.2 Å². The summed E-state index contributed by atoms with van der Waals surface area (Å²) in [4.78, 5) is 12.5. The largest absolute Gasteiger partial charge is 0.495 e. The van der Waals surface area contributed by atoms with Crippen LogP contribution in [-0.4, -0.2) is 13.0 Å². The molecule has 0 fully saturated rings. The van der Waals surface area contributed by atoms with E-state index in [-0.39, 0.29) is 5.91 Å². The molecular formula is C12H10BrNO2S. The van der Waals surface area contributed by atoms with Gasteiger partial charge in [-0.1, -0.05) is 22.0 Å². The van der Waals surface area contributed by atoms with Crippen molar-refractivity contribution in [3.63, 3.8) is 0 Å².